The van der Waals surface area contributed by atoms with Crippen molar-refractivity contribution in [3.63, 3.8) is 0 Å². The van der Waals surface area contributed by atoms with Gasteiger partial charge in [0, 0.05) is 11.5 Å². The highest BCUT2D eigenvalue weighted by molar-refractivity contribution is 5.74. The Bertz CT molecular complexity index is 1040. The highest BCUT2D eigenvalue weighted by Crippen LogP contribution is 2.37. The van der Waals surface area contributed by atoms with Crippen molar-refractivity contribution in [2.24, 2.45) is 0 Å². The number of aryl methyl sites for hydroxylation is 1. The molecule has 0 radical (unpaired) electrons. The number of benzene rings is 3. The van der Waals surface area contributed by atoms with E-state index in [4.69, 9.17) is 9.47 Å². The number of methoxy groups -OCH3 is 2. The summed E-state index contributed by atoms with van der Waals surface area (Å²) in [6.45, 7) is 0. The maximum atomic E-state index is 14.9. The Hall–Kier alpha value is -3.14. The lowest BCUT2D eigenvalue weighted by atomic mass is 9.96. The zero-order valence-electron chi connectivity index (χ0n) is 15.9. The van der Waals surface area contributed by atoms with Crippen LogP contribution in [0.4, 0.5) is 4.39 Å². The fraction of sp³-hybridized carbons (Fsp3) is 0.208. The summed E-state index contributed by atoms with van der Waals surface area (Å²) in [5.41, 5.74) is 5.22. The third-order valence-electron chi connectivity index (χ3n) is 5.43. The van der Waals surface area contributed by atoms with Crippen molar-refractivity contribution in [3.8, 4) is 33.8 Å². The van der Waals surface area contributed by atoms with Gasteiger partial charge in [0.15, 0.2) is 11.5 Å². The topological polar surface area (TPSA) is 35.5 Å². The first-order valence-corrected chi connectivity index (χ1v) is 9.25. The number of hydrogen-bond donors (Lipinski definition) is 0. The Balaban J connectivity index is 1.68. The molecule has 0 bridgehead atoms. The molecule has 0 aromatic heterocycles. The molecule has 0 saturated carbocycles. The normalized spacial score (nSPS) is 15.2. The van der Waals surface area contributed by atoms with Gasteiger partial charge in [-0.25, -0.2) is 4.39 Å². The van der Waals surface area contributed by atoms with Gasteiger partial charge < -0.3 is 14.3 Å². The van der Waals surface area contributed by atoms with Gasteiger partial charge in [0.2, 0.25) is 0 Å². The Morgan fingerprint density at radius 3 is 2.32 bits per heavy atom. The van der Waals surface area contributed by atoms with Gasteiger partial charge in [0.1, 0.15) is 12.1 Å². The molecule has 0 spiro atoms. The van der Waals surface area contributed by atoms with E-state index in [9.17, 15) is 9.18 Å². The molecular formula is C24H21FO3. The van der Waals surface area contributed by atoms with Gasteiger partial charge in [0.05, 0.1) is 14.2 Å². The van der Waals surface area contributed by atoms with Crippen molar-refractivity contribution < 1.29 is 18.7 Å². The molecule has 1 aliphatic carbocycles. The van der Waals surface area contributed by atoms with Gasteiger partial charge in [-0.3, -0.25) is 0 Å². The van der Waals surface area contributed by atoms with Crippen LogP contribution in [0, 0.1) is 5.82 Å². The summed E-state index contributed by atoms with van der Waals surface area (Å²) in [5.74, 6) is 0.932. The van der Waals surface area contributed by atoms with E-state index in [0.29, 0.717) is 17.1 Å². The fourth-order valence-electron chi connectivity index (χ4n) is 3.90. The Labute approximate surface area is 163 Å². The first kappa shape index (κ1) is 18.2. The van der Waals surface area contributed by atoms with Crippen LogP contribution < -0.4 is 9.47 Å². The molecule has 0 N–H and O–H groups in total. The average molecular weight is 376 g/mol. The van der Waals surface area contributed by atoms with Crippen molar-refractivity contribution >= 4 is 6.29 Å². The molecule has 4 heteroatoms. The molecule has 3 nitrogen and oxygen atoms in total. The number of carbonyl (C=O) groups excluding carboxylic acids is 1. The molecule has 1 atom stereocenters. The summed E-state index contributed by atoms with van der Waals surface area (Å²) in [6, 6.07) is 16.6. The van der Waals surface area contributed by atoms with Gasteiger partial charge in [-0.1, -0.05) is 36.4 Å². The Morgan fingerprint density at radius 1 is 0.893 bits per heavy atom. The van der Waals surface area contributed by atoms with Crippen molar-refractivity contribution in [3.05, 3.63) is 71.5 Å². The van der Waals surface area contributed by atoms with Crippen molar-refractivity contribution in [2.75, 3.05) is 14.2 Å². The predicted octanol–water partition coefficient (Wildman–Crippen LogP) is 5.41. The molecular weight excluding hydrogens is 355 g/mol. The maximum Gasteiger partial charge on any atom is 0.161 e. The molecule has 0 aliphatic heterocycles. The molecule has 28 heavy (non-hydrogen) atoms. The number of hydrogen-bond acceptors (Lipinski definition) is 3. The Kier molecular flexibility index (Phi) is 4.86. The first-order valence-electron chi connectivity index (χ1n) is 9.25. The van der Waals surface area contributed by atoms with Gasteiger partial charge >= 0.3 is 0 Å². The average Bonchev–Trinajstić information content (AvgIpc) is 3.15. The second-order valence-corrected chi connectivity index (χ2v) is 6.96. The second-order valence-electron chi connectivity index (χ2n) is 6.96. The molecule has 142 valence electrons. The largest absolute Gasteiger partial charge is 0.493 e. The number of fused-ring (bicyclic) bond motifs is 1. The van der Waals surface area contributed by atoms with Crippen LogP contribution in [-0.2, 0) is 11.2 Å². The van der Waals surface area contributed by atoms with E-state index in [0.717, 1.165) is 46.9 Å². The quantitative estimate of drug-likeness (QED) is 0.559. The van der Waals surface area contributed by atoms with Crippen molar-refractivity contribution in [1.82, 2.24) is 0 Å². The molecule has 0 amide bonds. The summed E-state index contributed by atoms with van der Waals surface area (Å²) >= 11 is 0. The zero-order valence-corrected chi connectivity index (χ0v) is 15.9. The number of ether oxygens (including phenoxy) is 2. The van der Waals surface area contributed by atoms with Crippen molar-refractivity contribution in [2.45, 2.75) is 18.8 Å². The van der Waals surface area contributed by atoms with Crippen molar-refractivity contribution in [1.29, 1.82) is 0 Å². The van der Waals surface area contributed by atoms with Gasteiger partial charge in [-0.05, 0) is 58.9 Å². The predicted molar refractivity (Wildman–Crippen MR) is 108 cm³/mol. The second kappa shape index (κ2) is 7.47. The highest BCUT2D eigenvalue weighted by atomic mass is 19.1. The fourth-order valence-corrected chi connectivity index (χ4v) is 3.90. The van der Waals surface area contributed by atoms with E-state index in [1.54, 1.807) is 20.3 Å². The van der Waals surface area contributed by atoms with E-state index in [1.807, 2.05) is 42.5 Å². The van der Waals surface area contributed by atoms with E-state index < -0.39 is 0 Å². The van der Waals surface area contributed by atoms with Gasteiger partial charge in [-0.2, -0.15) is 0 Å². The molecule has 1 unspecified atom stereocenters. The van der Waals surface area contributed by atoms with Gasteiger partial charge in [-0.15, -0.1) is 0 Å². The summed E-state index contributed by atoms with van der Waals surface area (Å²) in [5, 5.41) is 0. The van der Waals surface area contributed by atoms with Crippen LogP contribution in [0.5, 0.6) is 11.5 Å². The lowest BCUT2D eigenvalue weighted by molar-refractivity contribution is -0.109. The smallest absolute Gasteiger partial charge is 0.161 e. The minimum atomic E-state index is -0.280. The zero-order chi connectivity index (χ0) is 19.7. The van der Waals surface area contributed by atoms with Crippen LogP contribution in [0.1, 0.15) is 23.5 Å². The monoisotopic (exact) mass is 376 g/mol. The lowest BCUT2D eigenvalue weighted by Gasteiger charge is -2.12. The Morgan fingerprint density at radius 2 is 1.61 bits per heavy atom. The summed E-state index contributed by atoms with van der Waals surface area (Å²) < 4.78 is 25.5. The lowest BCUT2D eigenvalue weighted by Crippen LogP contribution is -1.94. The van der Waals surface area contributed by atoms with Crippen LogP contribution in [0.15, 0.2) is 54.6 Å². The summed E-state index contributed by atoms with van der Waals surface area (Å²) in [4.78, 5) is 11.2. The van der Waals surface area contributed by atoms with E-state index >= 15 is 0 Å². The minimum absolute atomic E-state index is 0.0266. The third kappa shape index (κ3) is 3.15. The molecule has 1 aliphatic rings. The molecule has 4 rings (SSSR count). The van der Waals surface area contributed by atoms with Crippen LogP contribution in [0.2, 0.25) is 0 Å². The van der Waals surface area contributed by atoms with Crippen LogP contribution in [0.25, 0.3) is 22.3 Å². The number of halogens is 1. The van der Waals surface area contributed by atoms with E-state index in [1.165, 1.54) is 6.07 Å². The third-order valence-corrected chi connectivity index (χ3v) is 5.43. The van der Waals surface area contributed by atoms with E-state index in [2.05, 4.69) is 0 Å². The maximum absolute atomic E-state index is 14.9. The van der Waals surface area contributed by atoms with Crippen LogP contribution in [0.3, 0.4) is 0 Å². The number of rotatable bonds is 5. The molecule has 0 saturated heterocycles. The molecule has 3 aromatic rings. The SMILES string of the molecule is COc1ccc(-c2ccc(-c3ccc4c(c3)CCC4C=O)c(F)c2)cc1OC. The van der Waals surface area contributed by atoms with Gasteiger partial charge in [0.25, 0.3) is 0 Å². The van der Waals surface area contributed by atoms with E-state index in [-0.39, 0.29) is 11.7 Å². The molecule has 3 aromatic carbocycles. The number of carbonyl (C=O) groups is 1. The van der Waals surface area contributed by atoms with Crippen LogP contribution in [-0.4, -0.2) is 20.5 Å². The number of aldehydes is 1. The minimum Gasteiger partial charge on any atom is -0.493 e. The summed E-state index contributed by atoms with van der Waals surface area (Å²) in [7, 11) is 3.16. The molecule has 0 heterocycles. The highest BCUT2D eigenvalue weighted by Gasteiger charge is 2.22. The summed E-state index contributed by atoms with van der Waals surface area (Å²) in [6.07, 6.45) is 2.70. The van der Waals surface area contributed by atoms with Crippen LogP contribution >= 0.6 is 0 Å². The molecule has 0 fully saturated rings. The standard InChI is InChI=1S/C24H21FO3/c1-27-23-10-7-16(13-24(23)28-2)15-5-9-21(22(25)12-15)18-6-8-20-17(11-18)3-4-19(20)14-26/h5-14,19H,3-4H2,1-2H3. The first-order chi connectivity index (χ1) is 13.6.